The zero-order chi connectivity index (χ0) is 15.6. The van der Waals surface area contributed by atoms with E-state index in [1.165, 1.54) is 4.90 Å². The molecule has 5 nitrogen and oxygen atoms in total. The fourth-order valence-corrected chi connectivity index (χ4v) is 6.03. The van der Waals surface area contributed by atoms with E-state index < -0.39 is 0 Å². The van der Waals surface area contributed by atoms with Gasteiger partial charge in [-0.25, -0.2) is 0 Å². The molecule has 0 bridgehead atoms. The second-order valence-electron chi connectivity index (χ2n) is 4.37. The number of fused-ring (bicyclic) bond motifs is 1. The molecule has 0 saturated carbocycles. The van der Waals surface area contributed by atoms with Crippen molar-refractivity contribution < 1.29 is 19.0 Å². The smallest absolute Gasteiger partial charge is 0.251 e. The van der Waals surface area contributed by atoms with Crippen LogP contribution in [-0.4, -0.2) is 52.6 Å². The first kappa shape index (κ1) is 18.0. The van der Waals surface area contributed by atoms with E-state index in [-0.39, 0.29) is 5.91 Å². The van der Waals surface area contributed by atoms with Crippen LogP contribution < -0.4 is 5.32 Å². The quantitative estimate of drug-likeness (QED) is 0.508. The maximum Gasteiger partial charge on any atom is 0.251 e. The summed E-state index contributed by atoms with van der Waals surface area (Å²) < 4.78 is 15.5. The Bertz CT molecular complexity index is 487. The topological polar surface area (TPSA) is 56.8 Å². The fourth-order valence-electron chi connectivity index (χ4n) is 1.68. The van der Waals surface area contributed by atoms with Gasteiger partial charge in [-0.3, -0.25) is 4.79 Å². The van der Waals surface area contributed by atoms with Gasteiger partial charge in [0.25, 0.3) is 5.91 Å². The molecule has 22 heavy (non-hydrogen) atoms. The number of benzene rings is 1. The molecule has 122 valence electrons. The van der Waals surface area contributed by atoms with Gasteiger partial charge in [0.05, 0.1) is 33.0 Å². The highest BCUT2D eigenvalue weighted by Crippen LogP contribution is 2.55. The Hall–Kier alpha value is -0.380. The standard InChI is InChI=1S/C14H19NO4S3/c1-17-6-7-19-9-8-18-5-4-15-14(16)11-2-3-12-13(10-11)21-22-20-12/h2-3,10H,4-9H2,1H3,(H,15,16). The third kappa shape index (κ3) is 6.02. The number of hydrogen-bond donors (Lipinski definition) is 1. The van der Waals surface area contributed by atoms with Crippen LogP contribution in [0.15, 0.2) is 28.0 Å². The fraction of sp³-hybridized carbons (Fsp3) is 0.500. The van der Waals surface area contributed by atoms with Crippen LogP contribution in [0.5, 0.6) is 0 Å². The Balaban J connectivity index is 1.56. The van der Waals surface area contributed by atoms with Gasteiger partial charge in [-0.05, 0) is 49.6 Å². The molecule has 0 saturated heterocycles. The third-order valence-corrected chi connectivity index (χ3v) is 6.82. The highest BCUT2D eigenvalue weighted by atomic mass is 33.5. The van der Waals surface area contributed by atoms with Crippen LogP contribution in [0, 0.1) is 0 Å². The van der Waals surface area contributed by atoms with Crippen LogP contribution >= 0.6 is 31.4 Å². The number of methoxy groups -OCH3 is 1. The number of amides is 1. The van der Waals surface area contributed by atoms with Gasteiger partial charge in [0.15, 0.2) is 0 Å². The van der Waals surface area contributed by atoms with Crippen molar-refractivity contribution in [2.75, 3.05) is 46.7 Å². The van der Waals surface area contributed by atoms with E-state index in [9.17, 15) is 4.79 Å². The van der Waals surface area contributed by atoms with E-state index in [4.69, 9.17) is 14.2 Å². The summed E-state index contributed by atoms with van der Waals surface area (Å²) in [6, 6.07) is 5.79. The average Bonchev–Trinajstić information content (AvgIpc) is 3.00. The maximum absolute atomic E-state index is 12.0. The Morgan fingerprint density at radius 3 is 2.59 bits per heavy atom. The van der Waals surface area contributed by atoms with Gasteiger partial charge in [0.2, 0.25) is 0 Å². The van der Waals surface area contributed by atoms with Crippen molar-refractivity contribution >= 4 is 37.3 Å². The van der Waals surface area contributed by atoms with Crippen LogP contribution in [0.2, 0.25) is 0 Å². The lowest BCUT2D eigenvalue weighted by atomic mass is 10.2. The third-order valence-electron chi connectivity index (χ3n) is 2.79. The van der Waals surface area contributed by atoms with Gasteiger partial charge in [0.1, 0.15) is 0 Å². The summed E-state index contributed by atoms with van der Waals surface area (Å²) in [7, 11) is 6.78. The lowest BCUT2D eigenvalue weighted by Gasteiger charge is -2.08. The summed E-state index contributed by atoms with van der Waals surface area (Å²) in [5.74, 6) is -0.0646. The van der Waals surface area contributed by atoms with Crippen LogP contribution in [0.1, 0.15) is 10.4 Å². The maximum atomic E-state index is 12.0. The van der Waals surface area contributed by atoms with Crippen LogP contribution in [0.3, 0.4) is 0 Å². The molecular weight excluding hydrogens is 342 g/mol. The van der Waals surface area contributed by atoms with Crippen molar-refractivity contribution in [2.24, 2.45) is 0 Å². The first-order valence-electron chi connectivity index (χ1n) is 6.89. The van der Waals surface area contributed by atoms with E-state index >= 15 is 0 Å². The largest absolute Gasteiger partial charge is 0.382 e. The Labute approximate surface area is 142 Å². The molecule has 0 aliphatic carbocycles. The minimum absolute atomic E-state index is 0.0646. The predicted octanol–water partition coefficient (Wildman–Crippen LogP) is 2.86. The van der Waals surface area contributed by atoms with Gasteiger partial charge in [-0.15, -0.1) is 0 Å². The second-order valence-corrected chi connectivity index (χ2v) is 8.35. The zero-order valence-electron chi connectivity index (χ0n) is 12.3. The second kappa shape index (κ2) is 10.4. The molecule has 1 aliphatic heterocycles. The van der Waals surface area contributed by atoms with E-state index in [2.05, 4.69) is 5.32 Å². The molecule has 0 unspecified atom stereocenters. The van der Waals surface area contributed by atoms with Crippen molar-refractivity contribution in [2.45, 2.75) is 9.79 Å². The molecule has 2 rings (SSSR count). The molecule has 1 aromatic rings. The number of hydrogen-bond acceptors (Lipinski definition) is 7. The zero-order valence-corrected chi connectivity index (χ0v) is 14.8. The first-order valence-corrected chi connectivity index (χ1v) is 10.4. The summed E-state index contributed by atoms with van der Waals surface area (Å²) >= 11 is 0. The molecule has 1 amide bonds. The van der Waals surface area contributed by atoms with Crippen LogP contribution in [-0.2, 0) is 14.2 Å². The van der Waals surface area contributed by atoms with Crippen molar-refractivity contribution in [3.05, 3.63) is 23.8 Å². The number of rotatable bonds is 10. The molecular formula is C14H19NO4S3. The summed E-state index contributed by atoms with van der Waals surface area (Å²) in [4.78, 5) is 14.4. The van der Waals surface area contributed by atoms with Crippen molar-refractivity contribution in [1.82, 2.24) is 5.32 Å². The lowest BCUT2D eigenvalue weighted by Crippen LogP contribution is -2.27. The molecule has 0 aromatic heterocycles. The van der Waals surface area contributed by atoms with Crippen molar-refractivity contribution in [3.8, 4) is 0 Å². The van der Waals surface area contributed by atoms with Crippen LogP contribution in [0.25, 0.3) is 0 Å². The normalized spacial score (nSPS) is 13.1. The molecule has 0 atom stereocenters. The highest BCUT2D eigenvalue weighted by Gasteiger charge is 2.15. The number of ether oxygens (including phenoxy) is 3. The van der Waals surface area contributed by atoms with Gasteiger partial charge >= 0.3 is 0 Å². The Kier molecular flexibility index (Phi) is 8.50. The number of carbonyl (C=O) groups excluding carboxylic acids is 1. The molecule has 0 fully saturated rings. The predicted molar refractivity (Wildman–Crippen MR) is 91.6 cm³/mol. The van der Waals surface area contributed by atoms with E-state index in [0.717, 1.165) is 4.90 Å². The van der Waals surface area contributed by atoms with Gasteiger partial charge in [-0.1, -0.05) is 0 Å². The highest BCUT2D eigenvalue weighted by molar-refractivity contribution is 9.10. The lowest BCUT2D eigenvalue weighted by molar-refractivity contribution is 0.0255. The SMILES string of the molecule is COCCOCCOCCNC(=O)c1ccc2c(c1)SSS2. The van der Waals surface area contributed by atoms with Gasteiger partial charge in [0, 0.05) is 29.0 Å². The minimum atomic E-state index is -0.0646. The van der Waals surface area contributed by atoms with Crippen LogP contribution in [0.4, 0.5) is 0 Å². The molecule has 0 radical (unpaired) electrons. The Morgan fingerprint density at radius 2 is 1.77 bits per heavy atom. The monoisotopic (exact) mass is 361 g/mol. The Morgan fingerprint density at radius 1 is 1.05 bits per heavy atom. The van der Waals surface area contributed by atoms with E-state index in [1.807, 2.05) is 18.2 Å². The summed E-state index contributed by atoms with van der Waals surface area (Å²) in [6.07, 6.45) is 0. The summed E-state index contributed by atoms with van der Waals surface area (Å²) in [5, 5.41) is 2.85. The van der Waals surface area contributed by atoms with Gasteiger partial charge in [-0.2, -0.15) is 0 Å². The number of carbonyl (C=O) groups is 1. The van der Waals surface area contributed by atoms with Crippen molar-refractivity contribution in [1.29, 1.82) is 0 Å². The van der Waals surface area contributed by atoms with E-state index in [0.29, 0.717) is 45.1 Å². The summed E-state index contributed by atoms with van der Waals surface area (Å²) in [6.45, 7) is 3.18. The number of nitrogens with one attached hydrogen (secondary N) is 1. The minimum Gasteiger partial charge on any atom is -0.382 e. The van der Waals surface area contributed by atoms with Gasteiger partial charge < -0.3 is 19.5 Å². The molecule has 1 aromatic carbocycles. The molecule has 8 heteroatoms. The van der Waals surface area contributed by atoms with E-state index in [1.54, 1.807) is 38.5 Å². The first-order chi connectivity index (χ1) is 10.8. The molecule has 1 aliphatic rings. The molecule has 0 spiro atoms. The molecule has 1 heterocycles. The van der Waals surface area contributed by atoms with Crippen molar-refractivity contribution in [3.63, 3.8) is 0 Å². The summed E-state index contributed by atoms with van der Waals surface area (Å²) in [5.41, 5.74) is 0.692. The molecule has 1 N–H and O–H groups in total. The average molecular weight is 362 g/mol.